The first-order chi connectivity index (χ1) is 8.54. The number of rotatable bonds is 2. The molecule has 1 amide bonds. The van der Waals surface area contributed by atoms with Crippen molar-refractivity contribution in [2.24, 2.45) is 0 Å². The van der Waals surface area contributed by atoms with E-state index in [4.69, 9.17) is 0 Å². The molecule has 6 heteroatoms. The van der Waals surface area contributed by atoms with Crippen LogP contribution in [0.5, 0.6) is 5.75 Å². The molecule has 1 unspecified atom stereocenters. The fraction of sp³-hybridized carbons (Fsp3) is 0.308. The number of benzene rings is 1. The number of phenols is 1. The predicted octanol–water partition coefficient (Wildman–Crippen LogP) is 2.73. The Kier molecular flexibility index (Phi) is 6.40. The molecule has 0 fully saturated rings. The minimum atomic E-state index is -0.546. The molecule has 1 aromatic rings. The topological polar surface area (TPSA) is 40.5 Å². The standard InChI is InChI=1S/C13H12FINO2.Y/c1-2-16-12(6-5-11(15)13(16)18)9-4-3-8(17)7-10(9)14;/h3-4,7,11,17H,2,5H2,1H3;/q-1;. The van der Waals surface area contributed by atoms with Crippen LogP contribution >= 0.6 is 22.6 Å². The SMILES string of the molecule is CCN1C(=O)C(I)C[C-]=C1c1ccc(O)cc1F.[Y]. The van der Waals surface area contributed by atoms with Crippen molar-refractivity contribution < 1.29 is 47.0 Å². The minimum absolute atomic E-state index is 0. The van der Waals surface area contributed by atoms with Crippen LogP contribution in [0.2, 0.25) is 0 Å². The Morgan fingerprint density at radius 2 is 2.26 bits per heavy atom. The number of nitrogens with zero attached hydrogens (tertiary/aromatic N) is 1. The van der Waals surface area contributed by atoms with Crippen LogP contribution in [0.1, 0.15) is 18.9 Å². The van der Waals surface area contributed by atoms with Gasteiger partial charge in [0.1, 0.15) is 5.75 Å². The maximum Gasteiger partial charge on any atom is 0.235 e. The summed E-state index contributed by atoms with van der Waals surface area (Å²) in [5.41, 5.74) is 0.763. The van der Waals surface area contributed by atoms with Crippen LogP contribution < -0.4 is 0 Å². The molecule has 3 nitrogen and oxygen atoms in total. The second kappa shape index (κ2) is 7.13. The number of halogens is 2. The number of carbonyl (C=O) groups is 1. The van der Waals surface area contributed by atoms with Gasteiger partial charge < -0.3 is 10.0 Å². The van der Waals surface area contributed by atoms with Crippen LogP contribution in [0.3, 0.4) is 0 Å². The van der Waals surface area contributed by atoms with E-state index in [9.17, 15) is 14.3 Å². The zero-order valence-electron chi connectivity index (χ0n) is 10.4. The van der Waals surface area contributed by atoms with E-state index in [1.54, 1.807) is 0 Å². The monoisotopic (exact) mass is 449 g/mol. The van der Waals surface area contributed by atoms with Crippen LogP contribution in [0, 0.1) is 11.9 Å². The number of allylic oxidation sites excluding steroid dienone is 1. The Morgan fingerprint density at radius 3 is 2.84 bits per heavy atom. The molecular weight excluding hydrogens is 437 g/mol. The number of hydrogen-bond donors (Lipinski definition) is 1. The molecule has 1 aliphatic heterocycles. The summed E-state index contributed by atoms with van der Waals surface area (Å²) in [4.78, 5) is 13.5. The predicted molar refractivity (Wildman–Crippen MR) is 74.5 cm³/mol. The zero-order chi connectivity index (χ0) is 13.3. The number of alkyl halides is 1. The van der Waals surface area contributed by atoms with Gasteiger partial charge in [-0.15, -0.1) is 17.3 Å². The first kappa shape index (κ1) is 17.0. The quantitative estimate of drug-likeness (QED) is 0.429. The molecule has 1 radical (unpaired) electrons. The maximum absolute atomic E-state index is 13.8. The van der Waals surface area contributed by atoms with Crippen molar-refractivity contribution in [1.82, 2.24) is 4.90 Å². The zero-order valence-corrected chi connectivity index (χ0v) is 15.4. The summed E-state index contributed by atoms with van der Waals surface area (Å²) in [6.45, 7) is 2.31. The van der Waals surface area contributed by atoms with Gasteiger partial charge in [0.2, 0.25) is 5.91 Å². The molecule has 0 saturated carbocycles. The fourth-order valence-corrected chi connectivity index (χ4v) is 2.46. The van der Waals surface area contributed by atoms with Crippen molar-refractivity contribution >= 4 is 34.2 Å². The van der Waals surface area contributed by atoms with E-state index in [1.807, 2.05) is 6.92 Å². The van der Waals surface area contributed by atoms with Crippen molar-refractivity contribution in [2.45, 2.75) is 17.3 Å². The van der Waals surface area contributed by atoms with Crippen LogP contribution in [0.4, 0.5) is 4.39 Å². The fourth-order valence-electron chi connectivity index (χ4n) is 1.90. The summed E-state index contributed by atoms with van der Waals surface area (Å²) >= 11 is 2.06. The van der Waals surface area contributed by atoms with Crippen molar-refractivity contribution in [1.29, 1.82) is 0 Å². The summed E-state index contributed by atoms with van der Waals surface area (Å²) in [6, 6.07) is 3.91. The minimum Gasteiger partial charge on any atom is -0.508 e. The third-order valence-electron chi connectivity index (χ3n) is 2.78. The van der Waals surface area contributed by atoms with Gasteiger partial charge in [-0.2, -0.15) is 0 Å². The van der Waals surface area contributed by atoms with Crippen LogP contribution in [-0.4, -0.2) is 26.4 Å². The van der Waals surface area contributed by atoms with Crippen LogP contribution in [0.25, 0.3) is 5.70 Å². The van der Waals surface area contributed by atoms with Gasteiger partial charge in [0.05, 0.1) is 9.74 Å². The molecule has 19 heavy (non-hydrogen) atoms. The average Bonchev–Trinajstić information content (AvgIpc) is 2.33. The summed E-state index contributed by atoms with van der Waals surface area (Å²) < 4.78 is 13.7. The second-order valence-electron chi connectivity index (χ2n) is 3.94. The van der Waals surface area contributed by atoms with E-state index < -0.39 is 5.82 Å². The molecule has 0 saturated heterocycles. The van der Waals surface area contributed by atoms with Gasteiger partial charge in [0, 0.05) is 39.3 Å². The van der Waals surface area contributed by atoms with E-state index in [2.05, 4.69) is 28.7 Å². The molecule has 0 spiro atoms. The summed E-state index contributed by atoms with van der Waals surface area (Å²) in [7, 11) is 0. The molecule has 0 aromatic heterocycles. The molecule has 1 aliphatic rings. The van der Waals surface area contributed by atoms with Crippen LogP contribution in [-0.2, 0) is 37.5 Å². The van der Waals surface area contributed by atoms with Crippen LogP contribution in [0.15, 0.2) is 18.2 Å². The van der Waals surface area contributed by atoms with Crippen molar-refractivity contribution in [2.75, 3.05) is 6.54 Å². The van der Waals surface area contributed by atoms with Gasteiger partial charge in [0.25, 0.3) is 0 Å². The molecule has 0 bridgehead atoms. The normalized spacial score (nSPS) is 18.9. The third-order valence-corrected chi connectivity index (χ3v) is 3.75. The van der Waals surface area contributed by atoms with Gasteiger partial charge >= 0.3 is 0 Å². The van der Waals surface area contributed by atoms with Crippen molar-refractivity contribution in [3.05, 3.63) is 35.7 Å². The maximum atomic E-state index is 13.8. The first-order valence-corrected chi connectivity index (χ1v) is 6.84. The van der Waals surface area contributed by atoms with Gasteiger partial charge in [0.15, 0.2) is 0 Å². The van der Waals surface area contributed by atoms with Gasteiger partial charge in [-0.05, 0) is 19.1 Å². The Labute approximate surface area is 150 Å². The van der Waals surface area contributed by atoms with Crippen molar-refractivity contribution in [3.63, 3.8) is 0 Å². The number of hydrogen-bond acceptors (Lipinski definition) is 2. The van der Waals surface area contributed by atoms with Gasteiger partial charge in [-0.1, -0.05) is 29.0 Å². The molecule has 1 N–H and O–H groups in total. The van der Waals surface area contributed by atoms with Gasteiger partial charge in [-0.3, -0.25) is 4.79 Å². The van der Waals surface area contributed by atoms with Crippen molar-refractivity contribution in [3.8, 4) is 5.75 Å². The molecule has 1 atom stereocenters. The smallest absolute Gasteiger partial charge is 0.235 e. The molecule has 0 aliphatic carbocycles. The Hall–Kier alpha value is -0.00610. The molecule has 1 aromatic carbocycles. The second-order valence-corrected chi connectivity index (χ2v) is 5.45. The summed E-state index contributed by atoms with van der Waals surface area (Å²) in [5.74, 6) is -0.705. The Bertz CT molecular complexity index is 521. The van der Waals surface area contributed by atoms with E-state index in [0.29, 0.717) is 24.2 Å². The molecule has 1 heterocycles. The Morgan fingerprint density at radius 1 is 1.58 bits per heavy atom. The first-order valence-electron chi connectivity index (χ1n) is 5.59. The molecule has 2 rings (SSSR count). The van der Waals surface area contributed by atoms with E-state index in [-0.39, 0.29) is 48.3 Å². The number of phenolic OH excluding ortho intramolecular Hbond substituents is 1. The summed E-state index contributed by atoms with van der Waals surface area (Å²) in [6.07, 6.45) is 3.55. The Balaban J connectivity index is 0.00000180. The molecular formula is C13H12FINO2Y-. The van der Waals surface area contributed by atoms with E-state index in [0.717, 1.165) is 6.07 Å². The van der Waals surface area contributed by atoms with E-state index in [1.165, 1.54) is 17.0 Å². The summed E-state index contributed by atoms with van der Waals surface area (Å²) in [5, 5.41) is 9.20. The number of aromatic hydroxyl groups is 1. The molecule has 99 valence electrons. The largest absolute Gasteiger partial charge is 0.508 e. The van der Waals surface area contributed by atoms with Gasteiger partial charge in [-0.25, -0.2) is 10.5 Å². The number of amides is 1. The average molecular weight is 449 g/mol. The number of carbonyl (C=O) groups excluding carboxylic acids is 1. The van der Waals surface area contributed by atoms with E-state index >= 15 is 0 Å². The third kappa shape index (κ3) is 3.55.